The van der Waals surface area contributed by atoms with E-state index in [0.29, 0.717) is 81.7 Å². The highest BCUT2D eigenvalue weighted by atomic mass is 16.5. The summed E-state index contributed by atoms with van der Waals surface area (Å²) >= 11 is 0. The number of nitrogens with zero attached hydrogens (tertiary/aromatic N) is 2. The van der Waals surface area contributed by atoms with Gasteiger partial charge >= 0.3 is 6.09 Å². The zero-order chi connectivity index (χ0) is 31.5. The second kappa shape index (κ2) is 15.9. The Labute approximate surface area is 259 Å². The van der Waals surface area contributed by atoms with Gasteiger partial charge in [-0.05, 0) is 61.3 Å². The zero-order valence-electron chi connectivity index (χ0n) is 25.8. The molecule has 1 atom stereocenters. The topological polar surface area (TPSA) is 141 Å². The molecule has 11 nitrogen and oxygen atoms in total. The average Bonchev–Trinajstić information content (AvgIpc) is 3.05. The van der Waals surface area contributed by atoms with Gasteiger partial charge in [-0.15, -0.1) is 0 Å². The lowest BCUT2D eigenvalue weighted by Gasteiger charge is -2.51. The Morgan fingerprint density at radius 2 is 1.82 bits per heavy atom. The molecule has 240 valence electrons. The van der Waals surface area contributed by atoms with Gasteiger partial charge in [-0.2, -0.15) is 0 Å². The number of hydrogen-bond donors (Lipinski definition) is 4. The third-order valence-electron chi connectivity index (χ3n) is 8.66. The van der Waals surface area contributed by atoms with Gasteiger partial charge in [0.2, 0.25) is 11.8 Å². The van der Waals surface area contributed by atoms with E-state index in [1.807, 2.05) is 42.2 Å². The van der Waals surface area contributed by atoms with Crippen LogP contribution in [0.2, 0.25) is 0 Å². The van der Waals surface area contributed by atoms with Crippen molar-refractivity contribution in [1.82, 2.24) is 20.4 Å². The molecule has 2 fully saturated rings. The number of rotatable bonds is 14. The minimum Gasteiger partial charge on any atom is -0.496 e. The molecule has 0 bridgehead atoms. The van der Waals surface area contributed by atoms with Crippen LogP contribution in [0.5, 0.6) is 5.75 Å². The van der Waals surface area contributed by atoms with Gasteiger partial charge in [0.25, 0.3) is 0 Å². The van der Waals surface area contributed by atoms with Crippen molar-refractivity contribution in [3.8, 4) is 5.75 Å². The third kappa shape index (κ3) is 7.88. The molecule has 44 heavy (non-hydrogen) atoms. The second-order valence-electron chi connectivity index (χ2n) is 11.6. The lowest BCUT2D eigenvalue weighted by Crippen LogP contribution is -2.72. The van der Waals surface area contributed by atoms with Gasteiger partial charge in [-0.25, -0.2) is 4.79 Å². The molecular weight excluding hydrogens is 564 g/mol. The minimum absolute atomic E-state index is 0.0426. The molecule has 4 rings (SSSR count). The summed E-state index contributed by atoms with van der Waals surface area (Å²) in [7, 11) is 1.57. The van der Waals surface area contributed by atoms with Crippen LogP contribution >= 0.6 is 0 Å². The number of benzene rings is 2. The van der Waals surface area contributed by atoms with Crippen molar-refractivity contribution in [3.05, 3.63) is 64.7 Å². The Morgan fingerprint density at radius 3 is 2.48 bits per heavy atom. The maximum absolute atomic E-state index is 13.7. The Bertz CT molecular complexity index is 1240. The number of hydrogen-bond acceptors (Lipinski definition) is 8. The van der Waals surface area contributed by atoms with Crippen molar-refractivity contribution in [1.29, 1.82) is 0 Å². The number of aliphatic hydroxyl groups excluding tert-OH is 2. The first kappa shape index (κ1) is 33.2. The Morgan fingerprint density at radius 1 is 1.07 bits per heavy atom. The maximum Gasteiger partial charge on any atom is 0.407 e. The third-order valence-corrected chi connectivity index (χ3v) is 8.66. The van der Waals surface area contributed by atoms with E-state index in [-0.39, 0.29) is 31.6 Å². The molecule has 2 heterocycles. The van der Waals surface area contributed by atoms with Crippen molar-refractivity contribution < 1.29 is 34.1 Å². The summed E-state index contributed by atoms with van der Waals surface area (Å²) in [6.07, 6.45) is 3.12. The molecule has 2 aromatic carbocycles. The average molecular weight is 611 g/mol. The first-order valence-electron chi connectivity index (χ1n) is 15.5. The quantitative estimate of drug-likeness (QED) is 0.240. The van der Waals surface area contributed by atoms with Crippen LogP contribution in [0.3, 0.4) is 0 Å². The number of carbonyl (C=O) groups excluding carboxylic acids is 3. The summed E-state index contributed by atoms with van der Waals surface area (Å²) in [5.41, 5.74) is 2.27. The van der Waals surface area contributed by atoms with Crippen molar-refractivity contribution >= 4 is 17.9 Å². The molecule has 2 saturated heterocycles. The van der Waals surface area contributed by atoms with Crippen LogP contribution in [0.25, 0.3) is 0 Å². The Balaban J connectivity index is 1.29. The molecule has 2 aromatic rings. The number of likely N-dealkylation sites (tertiary alicyclic amines) is 1. The van der Waals surface area contributed by atoms with Gasteiger partial charge in [0.05, 0.1) is 20.3 Å². The summed E-state index contributed by atoms with van der Waals surface area (Å²) < 4.78 is 10.8. The predicted octanol–water partition coefficient (Wildman–Crippen LogP) is 2.85. The summed E-state index contributed by atoms with van der Waals surface area (Å²) in [6.45, 7) is 4.58. The summed E-state index contributed by atoms with van der Waals surface area (Å²) in [4.78, 5) is 43.3. The minimum atomic E-state index is -0.880. The number of carbonyl (C=O) groups is 3. The van der Waals surface area contributed by atoms with Crippen LogP contribution in [-0.4, -0.2) is 82.8 Å². The fraction of sp³-hybridized carbons (Fsp3) is 0.545. The van der Waals surface area contributed by atoms with Gasteiger partial charge < -0.3 is 35.2 Å². The van der Waals surface area contributed by atoms with E-state index in [1.54, 1.807) is 19.2 Å². The lowest BCUT2D eigenvalue weighted by atomic mass is 9.81. The summed E-state index contributed by atoms with van der Waals surface area (Å²) in [5, 5.41) is 25.3. The molecule has 2 aliphatic rings. The molecule has 11 heteroatoms. The monoisotopic (exact) mass is 610 g/mol. The number of piperidine rings is 1. The molecule has 3 amide bonds. The summed E-state index contributed by atoms with van der Waals surface area (Å²) in [5.74, 6) is 0.471. The Hall–Kier alpha value is -3.67. The van der Waals surface area contributed by atoms with Gasteiger partial charge in [0.15, 0.2) is 0 Å². The number of ether oxygens (including phenoxy) is 2. The number of aliphatic hydroxyl groups is 2. The smallest absolute Gasteiger partial charge is 0.407 e. The molecule has 0 aromatic heterocycles. The molecule has 0 radical (unpaired) electrons. The van der Waals surface area contributed by atoms with E-state index in [1.165, 1.54) is 0 Å². The number of alkyl carbamates (subject to hydrolysis) is 1. The molecule has 0 saturated carbocycles. The van der Waals surface area contributed by atoms with E-state index >= 15 is 0 Å². The number of methoxy groups -OCH3 is 1. The van der Waals surface area contributed by atoms with E-state index in [2.05, 4.69) is 15.5 Å². The van der Waals surface area contributed by atoms with Gasteiger partial charge in [-0.3, -0.25) is 14.5 Å². The van der Waals surface area contributed by atoms with Gasteiger partial charge in [0, 0.05) is 38.3 Å². The fourth-order valence-electron chi connectivity index (χ4n) is 6.22. The number of nitrogens with one attached hydrogen (secondary N) is 2. The van der Waals surface area contributed by atoms with Crippen molar-refractivity contribution in [2.24, 2.45) is 0 Å². The summed E-state index contributed by atoms with van der Waals surface area (Å²) in [6, 6.07) is 12.5. The zero-order valence-corrected chi connectivity index (χ0v) is 25.8. The maximum atomic E-state index is 13.7. The van der Waals surface area contributed by atoms with E-state index < -0.39 is 17.7 Å². The normalized spacial score (nSPS) is 18.3. The van der Waals surface area contributed by atoms with Gasteiger partial charge in [0.1, 0.15) is 23.9 Å². The first-order chi connectivity index (χ1) is 21.3. The van der Waals surface area contributed by atoms with Crippen LogP contribution in [0.4, 0.5) is 4.79 Å². The number of piperazine rings is 1. The van der Waals surface area contributed by atoms with Crippen molar-refractivity contribution in [2.75, 3.05) is 33.3 Å². The standard InChI is InChI=1S/C33H46N4O7/c1-3-15-37-30(40)28(11-7-8-14-34-32(42)44-23-24-9-5-4-6-10-24)35-31(41)33(37)12-16-36(17-13-33)20-27-26(22-39)18-25(21-38)19-29(27)43-2/h4-6,9-10,18-19,28,38-39H,3,7-8,11-17,20-23H2,1-2H3,(H,34,42)(H,35,41)/t28-/m0/s1. The molecule has 2 aliphatic heterocycles. The fourth-order valence-corrected chi connectivity index (χ4v) is 6.22. The molecule has 1 spiro atoms. The van der Waals surface area contributed by atoms with E-state index in [9.17, 15) is 24.6 Å². The molecular formula is C33H46N4O7. The number of unbranched alkanes of at least 4 members (excludes halogenated alkanes) is 1. The molecule has 4 N–H and O–H groups in total. The largest absolute Gasteiger partial charge is 0.496 e. The van der Waals surface area contributed by atoms with Crippen LogP contribution in [0.1, 0.15) is 67.7 Å². The van der Waals surface area contributed by atoms with Gasteiger partial charge in [-0.1, -0.05) is 43.3 Å². The highest BCUT2D eigenvalue weighted by Gasteiger charge is 2.53. The van der Waals surface area contributed by atoms with Crippen LogP contribution in [0, 0.1) is 0 Å². The van der Waals surface area contributed by atoms with E-state index in [0.717, 1.165) is 17.5 Å². The number of amides is 3. The van der Waals surface area contributed by atoms with Crippen LogP contribution < -0.4 is 15.4 Å². The van der Waals surface area contributed by atoms with Crippen molar-refractivity contribution in [3.63, 3.8) is 0 Å². The van der Waals surface area contributed by atoms with E-state index in [4.69, 9.17) is 9.47 Å². The SMILES string of the molecule is CCCN1C(=O)[C@H](CCCCNC(=O)OCc2ccccc2)NC(=O)C12CCN(Cc1c(CO)cc(CO)cc1OC)CC2. The van der Waals surface area contributed by atoms with Crippen molar-refractivity contribution in [2.45, 2.75) is 83.4 Å². The second-order valence-corrected chi connectivity index (χ2v) is 11.6. The predicted molar refractivity (Wildman–Crippen MR) is 164 cm³/mol. The highest BCUT2D eigenvalue weighted by Crippen LogP contribution is 2.35. The van der Waals surface area contributed by atoms with Crippen LogP contribution in [0.15, 0.2) is 42.5 Å². The van der Waals surface area contributed by atoms with Crippen LogP contribution in [-0.2, 0) is 40.7 Å². The lowest BCUT2D eigenvalue weighted by molar-refractivity contribution is -0.161. The molecule has 0 unspecified atom stereocenters. The highest BCUT2D eigenvalue weighted by molar-refractivity contribution is 6.00. The molecule has 0 aliphatic carbocycles. The Kier molecular flexibility index (Phi) is 12.0. The first-order valence-corrected chi connectivity index (χ1v) is 15.5.